The zero-order valence-electron chi connectivity index (χ0n) is 35.3. The Morgan fingerprint density at radius 1 is 0.379 bits per heavy atom. The number of aromatic nitrogens is 10. The normalized spacial score (nSPS) is 13.1. The third-order valence-electron chi connectivity index (χ3n) is 12.7. The standard InChI is InChI=1S/C50H34B2N10O4/c1-27-41-42(46(61(27)51-63-37-23-11-12-24-38(37)64-51)44(49-57-33-19-7-8-20-34(33)58-49)50-59-35-21-9-10-22-36(35)60-50)28(2)62(52-65-39-25-13-14-26-40(39)66-52)45(41)43(47-53-29-15-3-4-16-30(29)54-47)48-55-31-17-5-6-18-32(31)56-48/h3-26H,1-2H3,(H,53,54)(H,55,56)(H,57,58)(H,59,60). The van der Waals surface area contributed by atoms with Crippen LogP contribution in [0.4, 0.5) is 0 Å². The summed E-state index contributed by atoms with van der Waals surface area (Å²) in [5.41, 5.74) is 9.74. The number of imidazole rings is 4. The number of rotatable bonds is 6. The topological polar surface area (TPSA) is 162 Å². The molecule has 0 spiro atoms. The highest BCUT2D eigenvalue weighted by molar-refractivity contribution is 6.48. The van der Waals surface area contributed by atoms with Gasteiger partial charge in [-0.15, -0.1) is 0 Å². The number of nitrogens with one attached hydrogen (secondary N) is 4. The van der Waals surface area contributed by atoms with Crippen molar-refractivity contribution in [3.8, 4) is 23.0 Å². The van der Waals surface area contributed by atoms with Crippen LogP contribution >= 0.6 is 0 Å². The minimum absolute atomic E-state index is 0.597. The second-order valence-corrected chi connectivity index (χ2v) is 16.5. The number of nitrogens with zero attached hydrogens (tertiary/aromatic N) is 6. The molecule has 8 heterocycles. The summed E-state index contributed by atoms with van der Waals surface area (Å²) in [6.07, 6.45) is 0. The van der Waals surface area contributed by atoms with E-state index in [0.29, 0.717) is 57.4 Å². The van der Waals surface area contributed by atoms with Crippen LogP contribution in [-0.4, -0.2) is 63.3 Å². The highest BCUT2D eigenvalue weighted by atomic mass is 16.6. The van der Waals surface area contributed by atoms with E-state index in [0.717, 1.165) is 77.0 Å². The zero-order chi connectivity index (χ0) is 43.6. The van der Waals surface area contributed by atoms with Gasteiger partial charge in [0.1, 0.15) is 46.3 Å². The molecule has 14 nitrogen and oxygen atoms in total. The van der Waals surface area contributed by atoms with Gasteiger partial charge in [-0.1, -0.05) is 72.8 Å². The molecule has 16 heteroatoms. The average molecular weight is 861 g/mol. The Balaban J connectivity index is 1.21. The first kappa shape index (κ1) is 36.6. The lowest BCUT2D eigenvalue weighted by Crippen LogP contribution is -2.45. The molecule has 0 fully saturated rings. The molecule has 12 aromatic rings. The van der Waals surface area contributed by atoms with Gasteiger partial charge in [-0.2, -0.15) is 0 Å². The van der Waals surface area contributed by atoms with Crippen molar-refractivity contribution in [2.45, 2.75) is 13.8 Å². The van der Waals surface area contributed by atoms with E-state index in [1.807, 2.05) is 146 Å². The minimum atomic E-state index is -0.932. The van der Waals surface area contributed by atoms with Crippen LogP contribution in [0.5, 0.6) is 23.0 Å². The molecule has 4 N–H and O–H groups in total. The lowest BCUT2D eigenvalue weighted by atomic mass is 10.0. The van der Waals surface area contributed by atoms with Crippen LogP contribution in [0.3, 0.4) is 0 Å². The number of hydrogen-bond donors (Lipinski definition) is 4. The van der Waals surface area contributed by atoms with Crippen molar-refractivity contribution in [2.75, 3.05) is 0 Å². The number of hydrogen-bond acceptors (Lipinski definition) is 8. The lowest BCUT2D eigenvalue weighted by molar-refractivity contribution is 0.476. The fraction of sp³-hybridized carbons (Fsp3) is 0.0400. The van der Waals surface area contributed by atoms with Gasteiger partial charge in [-0.05, 0) is 86.6 Å². The summed E-state index contributed by atoms with van der Waals surface area (Å²) in [4.78, 5) is 35.7. The third kappa shape index (κ3) is 5.38. The SMILES string of the molecule is Cc1c2c(=C(c3nc4ccccc4[nH]3)c3nc4ccccc4[nH]3)n(B3Oc4ccccc4O3)c(C)c2c(=C(c2nc3ccccc3[nH]2)c2nc3ccccc3[nH]2)n1B1Oc2ccccc2O1. The Morgan fingerprint density at radius 3 is 0.909 bits per heavy atom. The van der Waals surface area contributed by atoms with Crippen molar-refractivity contribution in [2.24, 2.45) is 0 Å². The quantitative estimate of drug-likeness (QED) is 0.124. The van der Waals surface area contributed by atoms with Crippen molar-refractivity contribution < 1.29 is 18.6 Å². The molecule has 6 aromatic carbocycles. The molecule has 0 atom stereocenters. The molecule has 0 amide bonds. The van der Waals surface area contributed by atoms with Crippen LogP contribution in [0.1, 0.15) is 34.7 Å². The maximum absolute atomic E-state index is 6.78. The summed E-state index contributed by atoms with van der Waals surface area (Å²) in [5, 5.41) is 3.18. The maximum Gasteiger partial charge on any atom is 0.743 e. The number of aryl methyl sites for hydroxylation is 2. The second kappa shape index (κ2) is 13.8. The zero-order valence-corrected chi connectivity index (χ0v) is 35.3. The number of para-hydroxylation sites is 12. The Hall–Kier alpha value is -8.91. The van der Waals surface area contributed by atoms with Gasteiger partial charge in [-0.3, -0.25) is 0 Å². The van der Waals surface area contributed by atoms with E-state index in [4.69, 9.17) is 38.6 Å². The molecule has 0 bridgehead atoms. The molecular formula is C50H34B2N10O4. The van der Waals surface area contributed by atoms with Gasteiger partial charge in [0.2, 0.25) is 0 Å². The molecule has 0 radical (unpaired) electrons. The fourth-order valence-corrected chi connectivity index (χ4v) is 9.72. The van der Waals surface area contributed by atoms with Gasteiger partial charge in [-0.25, -0.2) is 19.9 Å². The lowest BCUT2D eigenvalue weighted by Gasteiger charge is -2.15. The molecule has 0 saturated heterocycles. The van der Waals surface area contributed by atoms with Crippen LogP contribution in [0, 0.1) is 13.8 Å². The summed E-state index contributed by atoms with van der Waals surface area (Å²) in [6, 6.07) is 47.5. The van der Waals surface area contributed by atoms with Gasteiger partial charge in [0.05, 0.1) is 66.0 Å². The van der Waals surface area contributed by atoms with Crippen LogP contribution in [0.15, 0.2) is 146 Å². The Morgan fingerprint density at radius 2 is 0.636 bits per heavy atom. The Bertz CT molecular complexity index is 3510. The van der Waals surface area contributed by atoms with Gasteiger partial charge in [0.15, 0.2) is 0 Å². The number of benzene rings is 6. The van der Waals surface area contributed by atoms with Gasteiger partial charge >= 0.3 is 14.5 Å². The first-order valence-electron chi connectivity index (χ1n) is 21.7. The summed E-state index contributed by atoms with van der Waals surface area (Å²) in [7, 11) is -1.86. The minimum Gasteiger partial charge on any atom is -0.503 e. The third-order valence-corrected chi connectivity index (χ3v) is 12.7. The van der Waals surface area contributed by atoms with E-state index >= 15 is 0 Å². The molecule has 0 saturated carbocycles. The molecule has 0 unspecified atom stereocenters. The molecule has 314 valence electrons. The first-order chi connectivity index (χ1) is 32.5. The van der Waals surface area contributed by atoms with Crippen LogP contribution in [0.2, 0.25) is 0 Å². The van der Waals surface area contributed by atoms with Crippen LogP contribution in [-0.2, 0) is 0 Å². The summed E-state index contributed by atoms with van der Waals surface area (Å²) < 4.78 is 31.3. The van der Waals surface area contributed by atoms with Gasteiger partial charge in [0.25, 0.3) is 0 Å². The maximum atomic E-state index is 6.78. The highest BCUT2D eigenvalue weighted by Crippen LogP contribution is 2.37. The summed E-state index contributed by atoms with van der Waals surface area (Å²) in [6.45, 7) is 4.17. The van der Waals surface area contributed by atoms with Crippen molar-refractivity contribution >= 4 is 80.6 Å². The second-order valence-electron chi connectivity index (χ2n) is 16.5. The predicted molar refractivity (Wildman–Crippen MR) is 254 cm³/mol. The smallest absolute Gasteiger partial charge is 0.503 e. The molecule has 66 heavy (non-hydrogen) atoms. The van der Waals surface area contributed by atoms with Gasteiger partial charge in [0, 0.05) is 22.2 Å². The van der Waals surface area contributed by atoms with Crippen molar-refractivity contribution in [3.05, 3.63) is 191 Å². The largest absolute Gasteiger partial charge is 0.743 e. The fourth-order valence-electron chi connectivity index (χ4n) is 9.72. The molecular weight excluding hydrogens is 826 g/mol. The van der Waals surface area contributed by atoms with Crippen LogP contribution in [0.25, 0.3) is 66.1 Å². The number of fused-ring (bicyclic) bond motifs is 7. The van der Waals surface area contributed by atoms with E-state index in [2.05, 4.69) is 42.7 Å². The van der Waals surface area contributed by atoms with Crippen molar-refractivity contribution in [3.63, 3.8) is 0 Å². The monoisotopic (exact) mass is 860 g/mol. The van der Waals surface area contributed by atoms with E-state index in [1.54, 1.807) is 0 Å². The Labute approximate surface area is 374 Å². The van der Waals surface area contributed by atoms with E-state index in [9.17, 15) is 0 Å². The Kier molecular flexibility index (Phi) is 7.64. The number of H-pyrrole nitrogens is 4. The predicted octanol–water partition coefficient (Wildman–Crippen LogP) is 7.67. The molecule has 2 aliphatic rings. The molecule has 14 rings (SSSR count). The molecule has 2 aliphatic heterocycles. The first-order valence-corrected chi connectivity index (χ1v) is 21.7. The average Bonchev–Trinajstić information content (AvgIpc) is 4.21. The summed E-state index contributed by atoms with van der Waals surface area (Å²) in [5.74, 6) is 4.90. The van der Waals surface area contributed by atoms with Crippen molar-refractivity contribution in [1.82, 2.24) is 48.8 Å². The van der Waals surface area contributed by atoms with Crippen LogP contribution < -0.4 is 29.3 Å². The van der Waals surface area contributed by atoms with E-state index in [-0.39, 0.29) is 0 Å². The molecule has 6 aromatic heterocycles. The van der Waals surface area contributed by atoms with Gasteiger partial charge < -0.3 is 47.5 Å². The van der Waals surface area contributed by atoms with Crippen molar-refractivity contribution in [1.29, 1.82) is 0 Å². The number of aromatic amines is 4. The molecule has 0 aliphatic carbocycles. The summed E-state index contributed by atoms with van der Waals surface area (Å²) >= 11 is 0. The van der Waals surface area contributed by atoms with E-state index in [1.165, 1.54) is 0 Å². The van der Waals surface area contributed by atoms with E-state index < -0.39 is 14.5 Å². The highest BCUT2D eigenvalue weighted by Gasteiger charge is 2.44.